The number of carbonyl (C=O) groups is 1. The van der Waals surface area contributed by atoms with Crippen LogP contribution in [0.2, 0.25) is 0 Å². The van der Waals surface area contributed by atoms with E-state index in [-0.39, 0.29) is 12.8 Å². The van der Waals surface area contributed by atoms with Crippen LogP contribution in [0.15, 0.2) is 18.2 Å². The zero-order valence-corrected chi connectivity index (χ0v) is 8.75. The number of halogens is 3. The summed E-state index contributed by atoms with van der Waals surface area (Å²) in [6, 6.07) is 3.29. The molecule has 17 heavy (non-hydrogen) atoms. The number of primary amides is 1. The quantitative estimate of drug-likeness (QED) is 0.864. The lowest BCUT2D eigenvalue weighted by atomic mass is 10.0. The average Bonchev–Trinajstić information content (AvgIpc) is 2.55. The molecule has 0 bridgehead atoms. The molecule has 0 saturated carbocycles. The van der Waals surface area contributed by atoms with Gasteiger partial charge in [-0.25, -0.2) is 0 Å². The van der Waals surface area contributed by atoms with Crippen LogP contribution in [-0.4, -0.2) is 12.0 Å². The third-order valence-electron chi connectivity index (χ3n) is 2.56. The average molecular weight is 245 g/mol. The second-order valence-electron chi connectivity index (χ2n) is 3.93. The molecule has 0 radical (unpaired) electrons. The van der Waals surface area contributed by atoms with Crippen LogP contribution in [0.4, 0.5) is 13.2 Å². The predicted molar refractivity (Wildman–Crippen MR) is 53.4 cm³/mol. The summed E-state index contributed by atoms with van der Waals surface area (Å²) in [4.78, 5) is 10.7. The minimum Gasteiger partial charge on any atom is -0.489 e. The molecule has 0 saturated heterocycles. The van der Waals surface area contributed by atoms with Crippen molar-refractivity contribution in [2.24, 2.45) is 5.73 Å². The molecule has 1 aliphatic rings. The van der Waals surface area contributed by atoms with Crippen LogP contribution in [0.3, 0.4) is 0 Å². The maximum Gasteiger partial charge on any atom is 0.416 e. The van der Waals surface area contributed by atoms with Gasteiger partial charge in [0.2, 0.25) is 5.91 Å². The highest BCUT2D eigenvalue weighted by molar-refractivity contribution is 5.74. The van der Waals surface area contributed by atoms with Crippen molar-refractivity contribution in [3.63, 3.8) is 0 Å². The molecule has 1 amide bonds. The number of alkyl halides is 3. The summed E-state index contributed by atoms with van der Waals surface area (Å²) in [5, 5.41) is 0. The SMILES string of the molecule is NC(=O)CC1Cc2cc(C(F)(F)F)ccc2O1. The normalized spacial score (nSPS) is 18.6. The maximum atomic E-state index is 12.4. The minimum atomic E-state index is -4.36. The van der Waals surface area contributed by atoms with E-state index in [0.29, 0.717) is 11.3 Å². The van der Waals surface area contributed by atoms with Crippen LogP contribution in [0, 0.1) is 0 Å². The summed E-state index contributed by atoms with van der Waals surface area (Å²) < 4.78 is 42.7. The van der Waals surface area contributed by atoms with Gasteiger partial charge in [0.25, 0.3) is 0 Å². The van der Waals surface area contributed by atoms with Gasteiger partial charge in [0.05, 0.1) is 12.0 Å². The Hall–Kier alpha value is -1.72. The highest BCUT2D eigenvalue weighted by Crippen LogP contribution is 2.36. The highest BCUT2D eigenvalue weighted by atomic mass is 19.4. The van der Waals surface area contributed by atoms with E-state index >= 15 is 0 Å². The van der Waals surface area contributed by atoms with Crippen LogP contribution in [0.25, 0.3) is 0 Å². The summed E-state index contributed by atoms with van der Waals surface area (Å²) >= 11 is 0. The highest BCUT2D eigenvalue weighted by Gasteiger charge is 2.33. The van der Waals surface area contributed by atoms with Gasteiger partial charge in [-0.3, -0.25) is 4.79 Å². The topological polar surface area (TPSA) is 52.3 Å². The van der Waals surface area contributed by atoms with Crippen molar-refractivity contribution in [3.05, 3.63) is 29.3 Å². The molecule has 92 valence electrons. The Morgan fingerprint density at radius 1 is 1.47 bits per heavy atom. The standard InChI is InChI=1S/C11H10F3NO2/c12-11(13,14)7-1-2-9-6(3-7)4-8(17-9)5-10(15)16/h1-3,8H,4-5H2,(H2,15,16). The van der Waals surface area contributed by atoms with Crippen molar-refractivity contribution in [2.75, 3.05) is 0 Å². The number of benzene rings is 1. The summed E-state index contributed by atoms with van der Waals surface area (Å²) in [5.74, 6) is -0.136. The monoisotopic (exact) mass is 245 g/mol. The van der Waals surface area contributed by atoms with Gasteiger partial charge >= 0.3 is 6.18 Å². The lowest BCUT2D eigenvalue weighted by Gasteiger charge is -2.08. The molecule has 1 unspecified atom stereocenters. The minimum absolute atomic E-state index is 0.00995. The lowest BCUT2D eigenvalue weighted by Crippen LogP contribution is -2.23. The van der Waals surface area contributed by atoms with Crippen LogP contribution < -0.4 is 10.5 Å². The molecule has 1 aliphatic heterocycles. The summed E-state index contributed by atoms with van der Waals surface area (Å²) in [6.45, 7) is 0. The van der Waals surface area contributed by atoms with Gasteiger partial charge in [-0.05, 0) is 23.8 Å². The van der Waals surface area contributed by atoms with E-state index in [2.05, 4.69) is 0 Å². The number of hydrogen-bond donors (Lipinski definition) is 1. The molecule has 1 atom stereocenters. The number of hydrogen-bond acceptors (Lipinski definition) is 2. The summed E-state index contributed by atoms with van der Waals surface area (Å²) in [6.07, 6.45) is -4.53. The molecule has 2 rings (SSSR count). The van der Waals surface area contributed by atoms with Crippen LogP contribution in [0.5, 0.6) is 5.75 Å². The van der Waals surface area contributed by atoms with Gasteiger partial charge < -0.3 is 10.5 Å². The predicted octanol–water partition coefficient (Wildman–Crippen LogP) is 1.88. The zero-order chi connectivity index (χ0) is 12.6. The first-order chi connectivity index (χ1) is 7.86. The van der Waals surface area contributed by atoms with E-state index in [1.165, 1.54) is 6.07 Å². The van der Waals surface area contributed by atoms with Gasteiger partial charge in [0.15, 0.2) is 0 Å². The van der Waals surface area contributed by atoms with Crippen molar-refractivity contribution in [2.45, 2.75) is 25.1 Å². The molecule has 0 spiro atoms. The van der Waals surface area contributed by atoms with Crippen LogP contribution >= 0.6 is 0 Å². The van der Waals surface area contributed by atoms with E-state index in [0.717, 1.165) is 12.1 Å². The Balaban J connectivity index is 2.19. The van der Waals surface area contributed by atoms with Crippen LogP contribution in [0.1, 0.15) is 17.5 Å². The van der Waals surface area contributed by atoms with Gasteiger partial charge in [-0.2, -0.15) is 13.2 Å². The molecular formula is C11H10F3NO2. The largest absolute Gasteiger partial charge is 0.489 e. The lowest BCUT2D eigenvalue weighted by molar-refractivity contribution is -0.137. The molecule has 0 aromatic heterocycles. The Morgan fingerprint density at radius 2 is 2.18 bits per heavy atom. The first-order valence-corrected chi connectivity index (χ1v) is 5.01. The maximum absolute atomic E-state index is 12.4. The van der Waals surface area contributed by atoms with E-state index in [4.69, 9.17) is 10.5 Å². The van der Waals surface area contributed by atoms with Crippen molar-refractivity contribution < 1.29 is 22.7 Å². The molecule has 1 aromatic carbocycles. The molecule has 1 aromatic rings. The second kappa shape index (κ2) is 3.94. The molecule has 0 fully saturated rings. The van der Waals surface area contributed by atoms with E-state index < -0.39 is 23.8 Å². The number of rotatable bonds is 2. The van der Waals surface area contributed by atoms with Crippen molar-refractivity contribution >= 4 is 5.91 Å². The first kappa shape index (κ1) is 11.8. The first-order valence-electron chi connectivity index (χ1n) is 5.01. The zero-order valence-electron chi connectivity index (χ0n) is 8.75. The fourth-order valence-electron chi connectivity index (χ4n) is 1.83. The van der Waals surface area contributed by atoms with Gasteiger partial charge in [-0.1, -0.05) is 0 Å². The second-order valence-corrected chi connectivity index (χ2v) is 3.93. The number of nitrogens with two attached hydrogens (primary N) is 1. The smallest absolute Gasteiger partial charge is 0.416 e. The number of amides is 1. The van der Waals surface area contributed by atoms with Gasteiger partial charge in [0, 0.05) is 6.42 Å². The third-order valence-corrected chi connectivity index (χ3v) is 2.56. The van der Waals surface area contributed by atoms with Crippen molar-refractivity contribution in [1.82, 2.24) is 0 Å². The Labute approximate surface area is 95.4 Å². The van der Waals surface area contributed by atoms with Crippen molar-refractivity contribution in [1.29, 1.82) is 0 Å². The molecule has 6 heteroatoms. The van der Waals surface area contributed by atoms with Gasteiger partial charge in [0.1, 0.15) is 11.9 Å². The fraction of sp³-hybridized carbons (Fsp3) is 0.364. The third kappa shape index (κ3) is 2.51. The number of carbonyl (C=O) groups excluding carboxylic acids is 1. The van der Waals surface area contributed by atoms with Crippen molar-refractivity contribution in [3.8, 4) is 5.75 Å². The van der Waals surface area contributed by atoms with E-state index in [1.54, 1.807) is 0 Å². The Bertz CT molecular complexity index is 457. The fourth-order valence-corrected chi connectivity index (χ4v) is 1.83. The van der Waals surface area contributed by atoms with E-state index in [9.17, 15) is 18.0 Å². The molecule has 2 N–H and O–H groups in total. The number of ether oxygens (including phenoxy) is 1. The number of fused-ring (bicyclic) bond motifs is 1. The molecular weight excluding hydrogens is 235 g/mol. The van der Waals surface area contributed by atoms with E-state index in [1.807, 2.05) is 0 Å². The summed E-state index contributed by atoms with van der Waals surface area (Å²) in [7, 11) is 0. The Kier molecular flexibility index (Phi) is 2.73. The molecule has 1 heterocycles. The molecule has 3 nitrogen and oxygen atoms in total. The molecule has 0 aliphatic carbocycles. The van der Waals surface area contributed by atoms with Crippen LogP contribution in [-0.2, 0) is 17.4 Å². The van der Waals surface area contributed by atoms with Gasteiger partial charge in [-0.15, -0.1) is 0 Å². The Morgan fingerprint density at radius 3 is 2.76 bits per heavy atom. The summed E-state index contributed by atoms with van der Waals surface area (Å²) in [5.41, 5.74) is 4.76.